The number of nitrogens with zero attached hydrogens (tertiary/aromatic N) is 2. The number of benzene rings is 1. The normalized spacial score (nSPS) is 17.6. The summed E-state index contributed by atoms with van der Waals surface area (Å²) >= 11 is 0. The molecule has 0 radical (unpaired) electrons. The van der Waals surface area contributed by atoms with Crippen molar-refractivity contribution in [2.75, 3.05) is 13.2 Å². The molecule has 5 nitrogen and oxygen atoms in total. The van der Waals surface area contributed by atoms with Crippen LogP contribution in [-0.2, 0) is 23.0 Å². The van der Waals surface area contributed by atoms with E-state index in [1.807, 2.05) is 29.8 Å². The topological polar surface area (TPSA) is 64.4 Å². The highest BCUT2D eigenvalue weighted by Gasteiger charge is 2.46. The van der Waals surface area contributed by atoms with Gasteiger partial charge in [0.25, 0.3) is 0 Å². The smallest absolute Gasteiger partial charge is 0.314 e. The number of aryl methyl sites for hydroxylation is 1. The quantitative estimate of drug-likeness (QED) is 0.884. The van der Waals surface area contributed by atoms with Gasteiger partial charge in [0.05, 0.1) is 30.6 Å². The molecular formula is C13H14N2O3. The second-order valence-electron chi connectivity index (χ2n) is 4.93. The van der Waals surface area contributed by atoms with E-state index in [-0.39, 0.29) is 0 Å². The fourth-order valence-electron chi connectivity index (χ4n) is 2.33. The maximum Gasteiger partial charge on any atom is 0.314 e. The van der Waals surface area contributed by atoms with Crippen LogP contribution in [0.3, 0.4) is 0 Å². The van der Waals surface area contributed by atoms with Crippen molar-refractivity contribution in [1.29, 1.82) is 0 Å². The van der Waals surface area contributed by atoms with Gasteiger partial charge < -0.3 is 14.4 Å². The number of rotatable bonds is 3. The number of carboxylic acid groups (broad SMARTS) is 1. The number of hydrogen-bond acceptors (Lipinski definition) is 3. The van der Waals surface area contributed by atoms with Crippen molar-refractivity contribution in [3.05, 3.63) is 30.1 Å². The Bertz CT molecular complexity index is 614. The van der Waals surface area contributed by atoms with Gasteiger partial charge in [0.1, 0.15) is 5.41 Å². The van der Waals surface area contributed by atoms with E-state index in [0.29, 0.717) is 19.6 Å². The zero-order valence-corrected chi connectivity index (χ0v) is 10.1. The van der Waals surface area contributed by atoms with Crippen LogP contribution in [0.1, 0.15) is 5.56 Å². The van der Waals surface area contributed by atoms with E-state index in [9.17, 15) is 9.90 Å². The third-order valence-corrected chi connectivity index (χ3v) is 3.54. The first-order valence-electron chi connectivity index (χ1n) is 5.82. The summed E-state index contributed by atoms with van der Waals surface area (Å²) in [5.74, 6) is -0.783. The van der Waals surface area contributed by atoms with Crippen molar-refractivity contribution in [2.24, 2.45) is 12.5 Å². The number of ether oxygens (including phenoxy) is 1. The number of hydrogen-bond donors (Lipinski definition) is 1. The maximum absolute atomic E-state index is 11.3. The van der Waals surface area contributed by atoms with Crippen molar-refractivity contribution in [2.45, 2.75) is 6.42 Å². The van der Waals surface area contributed by atoms with E-state index >= 15 is 0 Å². The summed E-state index contributed by atoms with van der Waals surface area (Å²) in [7, 11) is 1.94. The Morgan fingerprint density at radius 1 is 1.56 bits per heavy atom. The van der Waals surface area contributed by atoms with Crippen LogP contribution in [0, 0.1) is 5.41 Å². The molecule has 1 aromatic carbocycles. The van der Waals surface area contributed by atoms with Gasteiger partial charge in [-0.1, -0.05) is 6.07 Å². The van der Waals surface area contributed by atoms with Crippen LogP contribution in [0.15, 0.2) is 24.5 Å². The summed E-state index contributed by atoms with van der Waals surface area (Å²) in [5, 5.41) is 9.26. The molecule has 0 spiro atoms. The third kappa shape index (κ3) is 1.59. The van der Waals surface area contributed by atoms with Gasteiger partial charge in [-0.05, 0) is 24.1 Å². The molecule has 1 aliphatic rings. The van der Waals surface area contributed by atoms with E-state index in [2.05, 4.69) is 4.98 Å². The molecule has 0 amide bonds. The molecule has 2 aromatic rings. The third-order valence-electron chi connectivity index (χ3n) is 3.54. The summed E-state index contributed by atoms with van der Waals surface area (Å²) in [6.07, 6.45) is 2.25. The standard InChI is InChI=1S/C13H14N2O3/c1-15-8-14-10-4-9(2-3-11(10)15)5-13(12(16)17)6-18-7-13/h2-4,8H,5-7H2,1H3,(H,16,17). The molecule has 2 heterocycles. The summed E-state index contributed by atoms with van der Waals surface area (Å²) in [4.78, 5) is 15.6. The number of aromatic nitrogens is 2. The summed E-state index contributed by atoms with van der Waals surface area (Å²) in [5.41, 5.74) is 2.19. The van der Waals surface area contributed by atoms with Gasteiger partial charge in [0.2, 0.25) is 0 Å². The van der Waals surface area contributed by atoms with Crippen LogP contribution in [0.5, 0.6) is 0 Å². The highest BCUT2D eigenvalue weighted by Crippen LogP contribution is 2.32. The highest BCUT2D eigenvalue weighted by atomic mass is 16.5. The van der Waals surface area contributed by atoms with Gasteiger partial charge in [0.15, 0.2) is 0 Å². The molecule has 1 aromatic heterocycles. The first kappa shape index (κ1) is 11.2. The Morgan fingerprint density at radius 3 is 2.94 bits per heavy atom. The van der Waals surface area contributed by atoms with Crippen molar-refractivity contribution < 1.29 is 14.6 Å². The van der Waals surface area contributed by atoms with Crippen LogP contribution in [0.4, 0.5) is 0 Å². The predicted molar refractivity (Wildman–Crippen MR) is 65.3 cm³/mol. The fraction of sp³-hybridized carbons (Fsp3) is 0.385. The molecule has 0 aliphatic carbocycles. The Labute approximate surface area is 104 Å². The molecular weight excluding hydrogens is 232 g/mol. The van der Waals surface area contributed by atoms with Crippen molar-refractivity contribution >= 4 is 17.0 Å². The number of fused-ring (bicyclic) bond motifs is 1. The zero-order chi connectivity index (χ0) is 12.8. The van der Waals surface area contributed by atoms with Crippen LogP contribution in [-0.4, -0.2) is 33.8 Å². The van der Waals surface area contributed by atoms with Crippen LogP contribution >= 0.6 is 0 Å². The first-order chi connectivity index (χ1) is 8.61. The van der Waals surface area contributed by atoms with Gasteiger partial charge >= 0.3 is 5.97 Å². The van der Waals surface area contributed by atoms with E-state index in [1.165, 1.54) is 0 Å². The van der Waals surface area contributed by atoms with Gasteiger partial charge in [-0.25, -0.2) is 4.98 Å². The lowest BCUT2D eigenvalue weighted by Gasteiger charge is -2.37. The fourth-order valence-corrected chi connectivity index (χ4v) is 2.33. The number of imidazole rings is 1. The monoisotopic (exact) mass is 246 g/mol. The highest BCUT2D eigenvalue weighted by molar-refractivity contribution is 5.78. The molecule has 0 unspecified atom stereocenters. The molecule has 0 saturated carbocycles. The van der Waals surface area contributed by atoms with E-state index in [1.54, 1.807) is 6.33 Å². The van der Waals surface area contributed by atoms with Crippen LogP contribution in [0.25, 0.3) is 11.0 Å². The summed E-state index contributed by atoms with van der Waals surface area (Å²) < 4.78 is 7.01. The van der Waals surface area contributed by atoms with Gasteiger partial charge in [-0.3, -0.25) is 4.79 Å². The largest absolute Gasteiger partial charge is 0.481 e. The maximum atomic E-state index is 11.3. The van der Waals surface area contributed by atoms with Crippen LogP contribution in [0.2, 0.25) is 0 Å². The van der Waals surface area contributed by atoms with Gasteiger partial charge in [-0.15, -0.1) is 0 Å². The lowest BCUT2D eigenvalue weighted by Crippen LogP contribution is -2.50. The second-order valence-corrected chi connectivity index (χ2v) is 4.93. The summed E-state index contributed by atoms with van der Waals surface area (Å²) in [6, 6.07) is 5.90. The molecule has 18 heavy (non-hydrogen) atoms. The zero-order valence-electron chi connectivity index (χ0n) is 10.1. The molecule has 1 N–H and O–H groups in total. The SMILES string of the molecule is Cn1cnc2cc(CC3(C(=O)O)COC3)ccc21. The number of aliphatic carboxylic acids is 1. The van der Waals surface area contributed by atoms with Crippen molar-refractivity contribution in [1.82, 2.24) is 9.55 Å². The minimum absolute atomic E-state index is 0.294. The molecule has 94 valence electrons. The molecule has 0 bridgehead atoms. The average Bonchev–Trinajstić information content (AvgIpc) is 2.65. The van der Waals surface area contributed by atoms with Crippen LogP contribution < -0.4 is 0 Å². The Balaban J connectivity index is 1.93. The lowest BCUT2D eigenvalue weighted by molar-refractivity contribution is -0.179. The minimum Gasteiger partial charge on any atom is -0.481 e. The predicted octanol–water partition coefficient (Wildman–Crippen LogP) is 1.22. The Morgan fingerprint density at radius 2 is 2.33 bits per heavy atom. The van der Waals surface area contributed by atoms with Crippen molar-refractivity contribution in [3.63, 3.8) is 0 Å². The van der Waals surface area contributed by atoms with E-state index < -0.39 is 11.4 Å². The molecule has 3 rings (SSSR count). The lowest BCUT2D eigenvalue weighted by atomic mass is 9.80. The van der Waals surface area contributed by atoms with Gasteiger partial charge in [-0.2, -0.15) is 0 Å². The second kappa shape index (κ2) is 3.81. The average molecular weight is 246 g/mol. The number of carboxylic acids is 1. The minimum atomic E-state index is -0.783. The first-order valence-corrected chi connectivity index (χ1v) is 5.82. The number of carbonyl (C=O) groups is 1. The molecule has 1 aliphatic heterocycles. The molecule has 5 heteroatoms. The Hall–Kier alpha value is -1.88. The van der Waals surface area contributed by atoms with E-state index in [4.69, 9.17) is 4.74 Å². The van der Waals surface area contributed by atoms with Crippen molar-refractivity contribution in [3.8, 4) is 0 Å². The molecule has 0 atom stereocenters. The molecule has 1 saturated heterocycles. The molecule has 1 fully saturated rings. The van der Waals surface area contributed by atoms with Gasteiger partial charge in [0, 0.05) is 7.05 Å². The Kier molecular flexibility index (Phi) is 2.38. The van der Waals surface area contributed by atoms with E-state index in [0.717, 1.165) is 16.6 Å². The summed E-state index contributed by atoms with van der Waals surface area (Å²) in [6.45, 7) is 0.588.